The Balaban J connectivity index is 1.43. The van der Waals surface area contributed by atoms with E-state index in [1.807, 2.05) is 23.9 Å². The van der Waals surface area contributed by atoms with E-state index in [2.05, 4.69) is 12.2 Å². The van der Waals surface area contributed by atoms with E-state index in [1.165, 1.54) is 29.6 Å². The molecule has 0 unspecified atom stereocenters. The summed E-state index contributed by atoms with van der Waals surface area (Å²) in [4.78, 5) is 27.3. The second kappa shape index (κ2) is 13.1. The van der Waals surface area contributed by atoms with E-state index < -0.39 is 0 Å². The number of fused-ring (bicyclic) bond motifs is 1. The molecule has 0 fully saturated rings. The van der Waals surface area contributed by atoms with Crippen LogP contribution in [-0.4, -0.2) is 29.9 Å². The highest BCUT2D eigenvalue weighted by atomic mass is 32.2. The lowest BCUT2D eigenvalue weighted by Crippen LogP contribution is -2.37. The Hall–Kier alpha value is -3.58. The largest absolute Gasteiger partial charge is 0.449 e. The van der Waals surface area contributed by atoms with Gasteiger partial charge in [0, 0.05) is 17.7 Å². The number of nitrogens with one attached hydrogen (secondary N) is 1. The molecule has 1 aliphatic heterocycles. The monoisotopic (exact) mass is 518 g/mol. The van der Waals surface area contributed by atoms with Crippen molar-refractivity contribution in [1.29, 1.82) is 0 Å². The molecular formula is C30H31FN2O3S. The van der Waals surface area contributed by atoms with Crippen molar-refractivity contribution in [2.75, 3.05) is 23.0 Å². The van der Waals surface area contributed by atoms with Crippen LogP contribution >= 0.6 is 11.8 Å². The van der Waals surface area contributed by atoms with E-state index >= 15 is 0 Å². The van der Waals surface area contributed by atoms with Crippen LogP contribution in [0.1, 0.15) is 47.7 Å². The van der Waals surface area contributed by atoms with Crippen LogP contribution < -0.4 is 15.0 Å². The average Bonchev–Trinajstić information content (AvgIpc) is 2.92. The van der Waals surface area contributed by atoms with Crippen LogP contribution in [0.25, 0.3) is 6.08 Å². The molecule has 2 amide bonds. The number of benzene rings is 3. The van der Waals surface area contributed by atoms with Gasteiger partial charge in [0.05, 0.1) is 12.2 Å². The summed E-state index contributed by atoms with van der Waals surface area (Å²) in [6.07, 6.45) is 5.01. The molecule has 0 saturated carbocycles. The molecule has 1 heterocycles. The molecule has 192 valence electrons. The second-order valence-corrected chi connectivity index (χ2v) is 9.98. The summed E-state index contributed by atoms with van der Waals surface area (Å²) >= 11 is 1.92. The quantitative estimate of drug-likeness (QED) is 0.234. The SMILES string of the molecule is CCCCSCCCNC(=O)c1ccc(C=C2Oc3ccccc3N(Cc3ccccc3F)C2=O)cc1. The predicted molar refractivity (Wildman–Crippen MR) is 148 cm³/mol. The molecule has 7 heteroatoms. The minimum Gasteiger partial charge on any atom is -0.449 e. The zero-order chi connectivity index (χ0) is 26.0. The van der Waals surface area contributed by atoms with Gasteiger partial charge in [0.15, 0.2) is 11.5 Å². The van der Waals surface area contributed by atoms with Gasteiger partial charge in [-0.2, -0.15) is 11.8 Å². The van der Waals surface area contributed by atoms with E-state index in [9.17, 15) is 14.0 Å². The maximum absolute atomic E-state index is 14.3. The first-order chi connectivity index (χ1) is 18.1. The maximum Gasteiger partial charge on any atom is 0.294 e. The fourth-order valence-corrected chi connectivity index (χ4v) is 4.97. The van der Waals surface area contributed by atoms with Gasteiger partial charge in [-0.1, -0.05) is 55.8 Å². The Morgan fingerprint density at radius 2 is 1.73 bits per heavy atom. The summed E-state index contributed by atoms with van der Waals surface area (Å²) in [5, 5.41) is 2.96. The number of carbonyl (C=O) groups excluding carboxylic acids is 2. The molecule has 3 aromatic rings. The van der Waals surface area contributed by atoms with E-state index in [1.54, 1.807) is 60.7 Å². The molecule has 0 aromatic heterocycles. The van der Waals surface area contributed by atoms with E-state index in [0.29, 0.717) is 29.1 Å². The first-order valence-corrected chi connectivity index (χ1v) is 13.7. The zero-order valence-corrected chi connectivity index (χ0v) is 21.7. The van der Waals surface area contributed by atoms with Crippen molar-refractivity contribution in [3.05, 3.63) is 101 Å². The summed E-state index contributed by atoms with van der Waals surface area (Å²) in [6.45, 7) is 2.91. The van der Waals surface area contributed by atoms with Gasteiger partial charge < -0.3 is 10.1 Å². The molecule has 37 heavy (non-hydrogen) atoms. The highest BCUT2D eigenvalue weighted by molar-refractivity contribution is 7.99. The van der Waals surface area contributed by atoms with Crippen molar-refractivity contribution in [3.63, 3.8) is 0 Å². The van der Waals surface area contributed by atoms with Crippen molar-refractivity contribution in [3.8, 4) is 5.75 Å². The van der Waals surface area contributed by atoms with Gasteiger partial charge in [0.2, 0.25) is 0 Å². The number of halogens is 1. The maximum atomic E-state index is 14.3. The minimum atomic E-state index is -0.367. The number of rotatable bonds is 11. The molecule has 1 N–H and O–H groups in total. The number of amides is 2. The first kappa shape index (κ1) is 26.5. The lowest BCUT2D eigenvalue weighted by Gasteiger charge is -2.30. The van der Waals surface area contributed by atoms with Crippen LogP contribution in [-0.2, 0) is 11.3 Å². The van der Waals surface area contributed by atoms with Crippen molar-refractivity contribution in [2.45, 2.75) is 32.7 Å². The Labute approximate surface area is 221 Å². The molecule has 0 aliphatic carbocycles. The first-order valence-electron chi connectivity index (χ1n) is 12.6. The number of anilines is 1. The number of hydrogen-bond acceptors (Lipinski definition) is 4. The molecule has 0 atom stereocenters. The molecule has 0 saturated heterocycles. The third-order valence-electron chi connectivity index (χ3n) is 5.98. The highest BCUT2D eigenvalue weighted by Crippen LogP contribution is 2.36. The van der Waals surface area contributed by atoms with Gasteiger partial charge >= 0.3 is 0 Å². The standard InChI is InChI=1S/C30H31FN2O3S/c1-2-3-18-37-19-8-17-32-29(34)23-15-13-22(14-16-23)20-28-30(35)33(21-24-9-4-5-10-25(24)31)26-11-6-7-12-27(26)36-28/h4-7,9-16,20H,2-3,8,17-19,21H2,1H3,(H,32,34). The summed E-state index contributed by atoms with van der Waals surface area (Å²) in [6, 6.07) is 20.6. The summed E-state index contributed by atoms with van der Waals surface area (Å²) < 4.78 is 20.3. The number of carbonyl (C=O) groups is 2. The highest BCUT2D eigenvalue weighted by Gasteiger charge is 2.30. The molecule has 0 radical (unpaired) electrons. The van der Waals surface area contributed by atoms with Crippen molar-refractivity contribution in [1.82, 2.24) is 5.32 Å². The topological polar surface area (TPSA) is 58.6 Å². The van der Waals surface area contributed by atoms with E-state index in [4.69, 9.17) is 4.74 Å². The minimum absolute atomic E-state index is 0.0828. The van der Waals surface area contributed by atoms with Crippen LogP contribution in [0.2, 0.25) is 0 Å². The molecular weight excluding hydrogens is 487 g/mol. The van der Waals surface area contributed by atoms with Gasteiger partial charge in [0.1, 0.15) is 5.82 Å². The van der Waals surface area contributed by atoms with Crippen molar-refractivity contribution in [2.24, 2.45) is 0 Å². The second-order valence-electron chi connectivity index (χ2n) is 8.76. The van der Waals surface area contributed by atoms with Gasteiger partial charge in [-0.3, -0.25) is 14.5 Å². The van der Waals surface area contributed by atoms with Crippen LogP contribution in [0.3, 0.4) is 0 Å². The Morgan fingerprint density at radius 3 is 2.51 bits per heavy atom. The Morgan fingerprint density at radius 1 is 1.00 bits per heavy atom. The molecule has 3 aromatic carbocycles. The van der Waals surface area contributed by atoms with Crippen molar-refractivity contribution < 1.29 is 18.7 Å². The van der Waals surface area contributed by atoms with E-state index in [0.717, 1.165) is 17.7 Å². The summed E-state index contributed by atoms with van der Waals surface area (Å²) in [7, 11) is 0. The normalized spacial score (nSPS) is 13.8. The van der Waals surface area contributed by atoms with Crippen LogP contribution in [0.15, 0.2) is 78.6 Å². The van der Waals surface area contributed by atoms with Crippen molar-refractivity contribution >= 4 is 35.3 Å². The fourth-order valence-electron chi connectivity index (χ4n) is 3.92. The number of ether oxygens (including phenoxy) is 1. The number of thioether (sulfide) groups is 1. The fraction of sp³-hybridized carbons (Fsp3) is 0.267. The molecule has 0 bridgehead atoms. The summed E-state index contributed by atoms with van der Waals surface area (Å²) in [5.41, 5.74) is 2.28. The molecule has 5 nitrogen and oxygen atoms in total. The van der Waals surface area contributed by atoms with Gasteiger partial charge in [-0.25, -0.2) is 4.39 Å². The number of para-hydroxylation sites is 2. The number of unbranched alkanes of at least 4 members (excludes halogenated alkanes) is 1. The number of hydrogen-bond donors (Lipinski definition) is 1. The van der Waals surface area contributed by atoms with E-state index in [-0.39, 0.29) is 29.9 Å². The average molecular weight is 519 g/mol. The smallest absolute Gasteiger partial charge is 0.294 e. The van der Waals surface area contributed by atoms with Crippen LogP contribution in [0, 0.1) is 5.82 Å². The zero-order valence-electron chi connectivity index (χ0n) is 20.9. The molecule has 4 rings (SSSR count). The molecule has 0 spiro atoms. The van der Waals surface area contributed by atoms with Crippen LogP contribution in [0.4, 0.5) is 10.1 Å². The lowest BCUT2D eigenvalue weighted by molar-refractivity contribution is -0.117. The van der Waals surface area contributed by atoms with Crippen LogP contribution in [0.5, 0.6) is 5.75 Å². The molecule has 1 aliphatic rings. The summed E-state index contributed by atoms with van der Waals surface area (Å²) in [5.74, 6) is 2.02. The van der Waals surface area contributed by atoms with Gasteiger partial charge in [-0.05, 0) is 66.3 Å². The van der Waals surface area contributed by atoms with Gasteiger partial charge in [0.25, 0.3) is 11.8 Å². The van der Waals surface area contributed by atoms with Gasteiger partial charge in [-0.15, -0.1) is 0 Å². The number of nitrogens with zero attached hydrogens (tertiary/aromatic N) is 1. The third-order valence-corrected chi connectivity index (χ3v) is 7.14. The lowest BCUT2D eigenvalue weighted by atomic mass is 10.1. The predicted octanol–water partition coefficient (Wildman–Crippen LogP) is 6.45. The Bertz CT molecular complexity index is 1260. The third kappa shape index (κ3) is 7.01. The Kier molecular flexibility index (Phi) is 9.38.